The van der Waals surface area contributed by atoms with Crippen LogP contribution < -0.4 is 15.3 Å². The summed E-state index contributed by atoms with van der Waals surface area (Å²) in [6, 6.07) is 3.66. The molecule has 15 heteroatoms. The molecule has 43 heavy (non-hydrogen) atoms. The summed E-state index contributed by atoms with van der Waals surface area (Å²) in [4.78, 5) is 29.4. The van der Waals surface area contributed by atoms with Crippen LogP contribution in [0.25, 0.3) is 0 Å². The van der Waals surface area contributed by atoms with Gasteiger partial charge in [0.15, 0.2) is 12.1 Å². The van der Waals surface area contributed by atoms with Gasteiger partial charge in [-0.1, -0.05) is 12.1 Å². The van der Waals surface area contributed by atoms with Gasteiger partial charge in [0.25, 0.3) is 0 Å². The van der Waals surface area contributed by atoms with Crippen molar-refractivity contribution in [3.63, 3.8) is 0 Å². The fourth-order valence-electron chi connectivity index (χ4n) is 5.92. The van der Waals surface area contributed by atoms with Crippen LogP contribution in [0.1, 0.15) is 75.8 Å². The number of methoxy groups -OCH3 is 1. The number of aliphatic hydroxyl groups is 2. The lowest BCUT2D eigenvalue weighted by molar-refractivity contribution is -0.245. The molecule has 0 aromatic heterocycles. The lowest BCUT2D eigenvalue weighted by Gasteiger charge is -2.42. The Morgan fingerprint density at radius 1 is 1.16 bits per heavy atom. The molecule has 0 amide bonds. The van der Waals surface area contributed by atoms with Crippen molar-refractivity contribution in [2.24, 2.45) is 10.8 Å². The zero-order valence-corrected chi connectivity index (χ0v) is 24.6. The van der Waals surface area contributed by atoms with E-state index >= 15 is 0 Å². The maximum absolute atomic E-state index is 13.8. The average molecular weight is 620 g/mol. The number of fused-ring (bicyclic) bond motifs is 3. The van der Waals surface area contributed by atoms with E-state index in [0.29, 0.717) is 0 Å². The lowest BCUT2D eigenvalue weighted by Crippen LogP contribution is -2.52. The number of sulfonamides is 1. The fourth-order valence-corrected chi connectivity index (χ4v) is 6.22. The number of phenolic OH excluding ortho intramolecular Hbond substituents is 2. The summed E-state index contributed by atoms with van der Waals surface area (Å²) in [6.45, 7) is 2.95. The van der Waals surface area contributed by atoms with E-state index in [1.54, 1.807) is 6.92 Å². The Balaban J connectivity index is 1.69. The maximum atomic E-state index is 13.8. The number of aromatic hydroxyl groups is 2. The summed E-state index contributed by atoms with van der Waals surface area (Å²) in [5.41, 5.74) is 2.79. The standard InChI is InChI=1S/C28H33N3O11S/c1-11-23(32)15(29)8-18(41-11)42-17-10-28(37,12(2)30-31-43(4,38)39)9-14-20(17)27(36)22-21(25(14)34)24(33)13-6-5-7-16(40-3)19(13)26(22)35/h5-7,11,15,17-18,23,31-32,34,36-37H,8-10,29H2,1-4H3/b30-12+/t11-,15+,17+,18-,23-,28-/m0/s1. The van der Waals surface area contributed by atoms with Crippen LogP contribution in [0.3, 0.4) is 0 Å². The first-order valence-electron chi connectivity index (χ1n) is 13.4. The number of rotatable bonds is 6. The van der Waals surface area contributed by atoms with E-state index in [-0.39, 0.29) is 46.6 Å². The molecule has 1 heterocycles. The van der Waals surface area contributed by atoms with Crippen LogP contribution in [-0.4, -0.2) is 89.6 Å². The molecule has 6 atom stereocenters. The Morgan fingerprint density at radius 3 is 2.47 bits per heavy atom. The minimum absolute atomic E-state index is 0.0259. The molecule has 14 nitrogen and oxygen atoms in total. The molecule has 0 saturated carbocycles. The normalized spacial score (nSPS) is 29.0. The Labute approximate surface area is 247 Å². The second-order valence-electron chi connectivity index (χ2n) is 11.1. The monoisotopic (exact) mass is 619 g/mol. The minimum atomic E-state index is -3.79. The Kier molecular flexibility index (Phi) is 7.77. The number of carbonyl (C=O) groups excluding carboxylic acids is 2. The molecule has 2 aromatic rings. The van der Waals surface area contributed by atoms with Gasteiger partial charge in [-0.3, -0.25) is 9.59 Å². The average Bonchev–Trinajstić information content (AvgIpc) is 2.94. The van der Waals surface area contributed by atoms with Gasteiger partial charge in [0.1, 0.15) is 22.8 Å². The summed E-state index contributed by atoms with van der Waals surface area (Å²) in [5, 5.41) is 49.0. The number of nitrogens with one attached hydrogen (secondary N) is 1. The summed E-state index contributed by atoms with van der Waals surface area (Å²) < 4.78 is 40.6. The molecule has 1 fully saturated rings. The third-order valence-corrected chi connectivity index (χ3v) is 8.62. The molecule has 2 aliphatic carbocycles. The van der Waals surface area contributed by atoms with Gasteiger partial charge in [-0.2, -0.15) is 5.10 Å². The maximum Gasteiger partial charge on any atom is 0.244 e. The van der Waals surface area contributed by atoms with Gasteiger partial charge in [0.05, 0.1) is 54.1 Å². The quantitative estimate of drug-likeness (QED) is 0.125. The number of nitrogens with zero attached hydrogens (tertiary/aromatic N) is 1. The number of nitrogens with two attached hydrogens (primary N) is 1. The summed E-state index contributed by atoms with van der Waals surface area (Å²) in [7, 11) is -2.47. The SMILES string of the molecule is COc1cccc2c1C(=O)c1c(O)c3c(c(O)c1C2=O)C[C@@](O)(/C(C)=N/NS(C)(=O)=O)C[C@H]3O[C@H]1C[C@@H](N)[C@@H](O)[C@H](C)O1. The third kappa shape index (κ3) is 5.25. The van der Waals surface area contributed by atoms with Gasteiger partial charge in [-0.25, -0.2) is 13.2 Å². The van der Waals surface area contributed by atoms with Crippen LogP contribution in [0.15, 0.2) is 23.3 Å². The molecule has 0 unspecified atom stereocenters. The number of hydrazone groups is 1. The Hall–Kier alpha value is -3.60. The predicted octanol–water partition coefficient (Wildman–Crippen LogP) is 0.365. The van der Waals surface area contributed by atoms with E-state index < -0.39 is 86.9 Å². The largest absolute Gasteiger partial charge is 0.507 e. The highest BCUT2D eigenvalue weighted by atomic mass is 32.2. The van der Waals surface area contributed by atoms with Crippen molar-refractivity contribution in [2.75, 3.05) is 13.4 Å². The van der Waals surface area contributed by atoms with Crippen molar-refractivity contribution in [2.45, 2.75) is 69.4 Å². The van der Waals surface area contributed by atoms with E-state index in [4.69, 9.17) is 19.9 Å². The molecule has 3 aliphatic rings. The molecule has 1 aliphatic heterocycles. The van der Waals surface area contributed by atoms with Crippen molar-refractivity contribution in [3.8, 4) is 17.2 Å². The summed E-state index contributed by atoms with van der Waals surface area (Å²) in [5.74, 6) is -2.71. The second-order valence-corrected chi connectivity index (χ2v) is 12.9. The Bertz CT molecular complexity index is 1650. The number of carbonyl (C=O) groups is 2. The zero-order chi connectivity index (χ0) is 31.6. The van der Waals surface area contributed by atoms with Crippen LogP contribution in [0.4, 0.5) is 0 Å². The highest BCUT2D eigenvalue weighted by molar-refractivity contribution is 7.88. The van der Waals surface area contributed by atoms with Gasteiger partial charge >= 0.3 is 0 Å². The Morgan fingerprint density at radius 2 is 1.84 bits per heavy atom. The smallest absolute Gasteiger partial charge is 0.244 e. The van der Waals surface area contributed by atoms with Crippen molar-refractivity contribution in [1.82, 2.24) is 4.83 Å². The first-order valence-corrected chi connectivity index (χ1v) is 15.3. The lowest BCUT2D eigenvalue weighted by atomic mass is 9.72. The van der Waals surface area contributed by atoms with E-state index in [9.17, 15) is 38.4 Å². The highest BCUT2D eigenvalue weighted by Gasteiger charge is 2.49. The van der Waals surface area contributed by atoms with E-state index in [1.165, 1.54) is 32.2 Å². The molecule has 232 valence electrons. The molecule has 0 spiro atoms. The number of hydrogen-bond donors (Lipinski definition) is 6. The number of aliphatic hydroxyl groups excluding tert-OH is 1. The molecule has 0 bridgehead atoms. The molecule has 0 radical (unpaired) electrons. The van der Waals surface area contributed by atoms with E-state index in [1.807, 2.05) is 4.83 Å². The zero-order valence-electron chi connectivity index (χ0n) is 23.8. The molecule has 7 N–H and O–H groups in total. The highest BCUT2D eigenvalue weighted by Crippen LogP contribution is 2.52. The van der Waals surface area contributed by atoms with E-state index in [2.05, 4.69) is 5.10 Å². The summed E-state index contributed by atoms with van der Waals surface area (Å²) in [6.07, 6.45) is -3.89. The van der Waals surface area contributed by atoms with Gasteiger partial charge in [0, 0.05) is 42.0 Å². The van der Waals surface area contributed by atoms with Crippen LogP contribution in [0.5, 0.6) is 17.2 Å². The number of ketones is 2. The van der Waals surface area contributed by atoms with Gasteiger partial charge in [-0.15, -0.1) is 0 Å². The van der Waals surface area contributed by atoms with Crippen molar-refractivity contribution in [3.05, 3.63) is 51.6 Å². The minimum Gasteiger partial charge on any atom is -0.507 e. The van der Waals surface area contributed by atoms with Gasteiger partial charge in [0.2, 0.25) is 15.8 Å². The van der Waals surface area contributed by atoms with Crippen molar-refractivity contribution < 1.29 is 52.6 Å². The van der Waals surface area contributed by atoms with Crippen LogP contribution in [0, 0.1) is 0 Å². The second kappa shape index (κ2) is 10.8. The van der Waals surface area contributed by atoms with Gasteiger partial charge < -0.3 is 40.4 Å². The van der Waals surface area contributed by atoms with Crippen LogP contribution in [-0.2, 0) is 25.9 Å². The molecule has 2 aromatic carbocycles. The van der Waals surface area contributed by atoms with Crippen LogP contribution >= 0.6 is 0 Å². The molecule has 1 saturated heterocycles. The van der Waals surface area contributed by atoms with Crippen molar-refractivity contribution >= 4 is 27.3 Å². The molecular formula is C28H33N3O11S. The number of phenols is 2. The first-order chi connectivity index (χ1) is 20.1. The number of benzene rings is 2. The third-order valence-electron chi connectivity index (χ3n) is 8.20. The van der Waals surface area contributed by atoms with Gasteiger partial charge in [-0.05, 0) is 19.9 Å². The van der Waals surface area contributed by atoms with Crippen LogP contribution in [0.2, 0.25) is 0 Å². The topological polar surface area (TPSA) is 227 Å². The molecule has 5 rings (SSSR count). The number of hydrogen-bond acceptors (Lipinski definition) is 13. The number of ether oxygens (including phenoxy) is 3. The fraction of sp³-hybridized carbons (Fsp3) is 0.464. The molecular weight excluding hydrogens is 586 g/mol. The summed E-state index contributed by atoms with van der Waals surface area (Å²) >= 11 is 0. The van der Waals surface area contributed by atoms with E-state index in [0.717, 1.165) is 6.26 Å². The first kappa shape index (κ1) is 30.8. The predicted molar refractivity (Wildman–Crippen MR) is 151 cm³/mol. The van der Waals surface area contributed by atoms with Crippen molar-refractivity contribution in [1.29, 1.82) is 0 Å².